The number of fused-ring (bicyclic) bond motifs is 1. The van der Waals surface area contributed by atoms with Gasteiger partial charge in [-0.3, -0.25) is 15.2 Å². The number of hydrogen-bond acceptors (Lipinski definition) is 5. The maximum Gasteiger partial charge on any atom is 0.276 e. The van der Waals surface area contributed by atoms with Gasteiger partial charge in [-0.1, -0.05) is 11.6 Å². The van der Waals surface area contributed by atoms with E-state index in [0.717, 1.165) is 0 Å². The average molecular weight is 264 g/mol. The fraction of sp³-hybridized carbons (Fsp3) is 0. The van der Waals surface area contributed by atoms with Crippen molar-refractivity contribution >= 4 is 34.6 Å². The van der Waals surface area contributed by atoms with Crippen LogP contribution in [0.15, 0.2) is 18.6 Å². The van der Waals surface area contributed by atoms with Gasteiger partial charge in [0.05, 0.1) is 6.33 Å². The Morgan fingerprint density at radius 3 is 3.06 bits per heavy atom. The molecule has 0 atom stereocenters. The minimum atomic E-state index is -0.404. The summed E-state index contributed by atoms with van der Waals surface area (Å²) >= 11 is 5.92. The molecular formula is C9H6ClN7O. The van der Waals surface area contributed by atoms with Gasteiger partial charge in [-0.15, -0.1) is 0 Å². The van der Waals surface area contributed by atoms with Crippen molar-refractivity contribution in [2.45, 2.75) is 0 Å². The second-order valence-electron chi connectivity index (χ2n) is 3.36. The van der Waals surface area contributed by atoms with Crippen LogP contribution in [0.2, 0.25) is 5.15 Å². The molecule has 0 aliphatic heterocycles. The highest BCUT2D eigenvalue weighted by molar-refractivity contribution is 6.33. The third kappa shape index (κ3) is 1.78. The second kappa shape index (κ2) is 4.08. The molecule has 18 heavy (non-hydrogen) atoms. The van der Waals surface area contributed by atoms with E-state index in [4.69, 9.17) is 11.6 Å². The predicted molar refractivity (Wildman–Crippen MR) is 63.2 cm³/mol. The number of nitrogens with zero attached hydrogens (tertiary/aromatic N) is 4. The number of nitrogens with one attached hydrogen (secondary N) is 3. The van der Waals surface area contributed by atoms with Crippen LogP contribution in [0.5, 0.6) is 0 Å². The number of amides is 1. The first-order valence-corrected chi connectivity index (χ1v) is 5.29. The Bertz CT molecular complexity index is 705. The Hall–Kier alpha value is -2.48. The summed E-state index contributed by atoms with van der Waals surface area (Å²) < 4.78 is 0. The summed E-state index contributed by atoms with van der Waals surface area (Å²) in [6, 6.07) is 1.53. The third-order valence-corrected chi connectivity index (χ3v) is 2.49. The fourth-order valence-electron chi connectivity index (χ4n) is 1.40. The van der Waals surface area contributed by atoms with Crippen molar-refractivity contribution in [1.29, 1.82) is 0 Å². The number of carbonyl (C=O) groups excluding carboxylic acids is 1. The summed E-state index contributed by atoms with van der Waals surface area (Å²) in [6.45, 7) is 0. The highest BCUT2D eigenvalue weighted by atomic mass is 35.5. The van der Waals surface area contributed by atoms with E-state index in [1.54, 1.807) is 0 Å². The number of anilines is 1. The van der Waals surface area contributed by atoms with Gasteiger partial charge in [0.25, 0.3) is 5.91 Å². The molecule has 3 N–H and O–H groups in total. The summed E-state index contributed by atoms with van der Waals surface area (Å²) in [7, 11) is 0. The SMILES string of the molecule is O=C(Nc1nc(Cl)c2[nH]cnc2n1)c1ccn[nH]1. The molecule has 0 unspecified atom stereocenters. The topological polar surface area (TPSA) is 112 Å². The van der Waals surface area contributed by atoms with Gasteiger partial charge in [-0.2, -0.15) is 15.1 Å². The van der Waals surface area contributed by atoms with Crippen LogP contribution in [-0.4, -0.2) is 36.0 Å². The van der Waals surface area contributed by atoms with Crippen molar-refractivity contribution in [3.63, 3.8) is 0 Å². The van der Waals surface area contributed by atoms with Crippen LogP contribution in [0, 0.1) is 0 Å². The van der Waals surface area contributed by atoms with Gasteiger partial charge < -0.3 is 4.98 Å². The van der Waals surface area contributed by atoms with Crippen molar-refractivity contribution in [3.8, 4) is 0 Å². The lowest BCUT2D eigenvalue weighted by atomic mass is 10.4. The average Bonchev–Trinajstić information content (AvgIpc) is 2.99. The van der Waals surface area contributed by atoms with Crippen molar-refractivity contribution in [3.05, 3.63) is 29.4 Å². The van der Waals surface area contributed by atoms with E-state index in [-0.39, 0.29) is 11.1 Å². The summed E-state index contributed by atoms with van der Waals surface area (Å²) in [6.07, 6.45) is 2.92. The smallest absolute Gasteiger partial charge is 0.276 e. The number of hydrogen-bond donors (Lipinski definition) is 3. The number of halogens is 1. The van der Waals surface area contributed by atoms with Gasteiger partial charge in [-0.25, -0.2) is 4.98 Å². The second-order valence-corrected chi connectivity index (χ2v) is 3.72. The van der Waals surface area contributed by atoms with Crippen molar-refractivity contribution in [2.24, 2.45) is 0 Å². The van der Waals surface area contributed by atoms with Crippen LogP contribution < -0.4 is 5.32 Å². The van der Waals surface area contributed by atoms with Gasteiger partial charge in [0.1, 0.15) is 11.2 Å². The molecule has 90 valence electrons. The molecule has 3 aromatic rings. The molecule has 9 heteroatoms. The number of rotatable bonds is 2. The molecule has 8 nitrogen and oxygen atoms in total. The van der Waals surface area contributed by atoms with Gasteiger partial charge in [0, 0.05) is 6.20 Å². The van der Waals surface area contributed by atoms with Crippen molar-refractivity contribution in [2.75, 3.05) is 5.32 Å². The minimum Gasteiger partial charge on any atom is -0.341 e. The fourth-order valence-corrected chi connectivity index (χ4v) is 1.62. The molecule has 0 radical (unpaired) electrons. The quantitative estimate of drug-likeness (QED) is 0.597. The zero-order valence-electron chi connectivity index (χ0n) is 8.81. The van der Waals surface area contributed by atoms with Crippen LogP contribution in [0.25, 0.3) is 11.2 Å². The summed E-state index contributed by atoms with van der Waals surface area (Å²) in [5, 5.41) is 8.89. The van der Waals surface area contributed by atoms with Gasteiger partial charge in [0.2, 0.25) is 5.95 Å². The Morgan fingerprint density at radius 1 is 1.39 bits per heavy atom. The molecule has 0 aromatic carbocycles. The molecule has 0 bridgehead atoms. The lowest BCUT2D eigenvalue weighted by Crippen LogP contribution is -2.14. The minimum absolute atomic E-state index is 0.0826. The number of aromatic nitrogens is 6. The predicted octanol–water partition coefficient (Wildman–Crippen LogP) is 0.982. The highest BCUT2D eigenvalue weighted by Crippen LogP contribution is 2.18. The Labute approximate surface area is 105 Å². The lowest BCUT2D eigenvalue weighted by Gasteiger charge is -2.02. The first-order chi connectivity index (χ1) is 8.74. The Morgan fingerprint density at radius 2 is 2.28 bits per heavy atom. The highest BCUT2D eigenvalue weighted by Gasteiger charge is 2.12. The zero-order chi connectivity index (χ0) is 12.5. The normalized spacial score (nSPS) is 10.7. The molecule has 0 fully saturated rings. The number of imidazole rings is 1. The van der Waals surface area contributed by atoms with E-state index in [1.807, 2.05) is 0 Å². The summed E-state index contributed by atoms with van der Waals surface area (Å²) in [5.74, 6) is -0.322. The van der Waals surface area contributed by atoms with Crippen LogP contribution in [0.1, 0.15) is 10.5 Å². The molecule has 0 aliphatic rings. The molecule has 0 saturated heterocycles. The zero-order valence-corrected chi connectivity index (χ0v) is 9.56. The van der Waals surface area contributed by atoms with Gasteiger partial charge in [-0.05, 0) is 6.07 Å². The van der Waals surface area contributed by atoms with Crippen molar-refractivity contribution in [1.82, 2.24) is 30.1 Å². The summed E-state index contributed by atoms with van der Waals surface area (Å²) in [5.41, 5.74) is 1.21. The first kappa shape index (κ1) is 10.7. The molecule has 3 heterocycles. The number of H-pyrrole nitrogens is 2. The molecule has 1 amide bonds. The standard InChI is InChI=1S/C9H6ClN7O/c10-6-5-7(12-3-11-5)15-9(14-6)16-8(18)4-1-2-13-17-4/h1-3H,(H,13,17)(H2,11,12,14,15,16,18). The third-order valence-electron chi connectivity index (χ3n) is 2.21. The van der Waals surface area contributed by atoms with E-state index in [0.29, 0.717) is 16.9 Å². The van der Waals surface area contributed by atoms with E-state index >= 15 is 0 Å². The lowest BCUT2D eigenvalue weighted by molar-refractivity contribution is 0.102. The van der Waals surface area contributed by atoms with Crippen LogP contribution in [0.3, 0.4) is 0 Å². The molecule has 0 spiro atoms. The van der Waals surface area contributed by atoms with E-state index in [2.05, 4.69) is 35.5 Å². The van der Waals surface area contributed by atoms with Crippen LogP contribution in [-0.2, 0) is 0 Å². The molecule has 3 rings (SSSR count). The summed E-state index contributed by atoms with van der Waals surface area (Å²) in [4.78, 5) is 26.5. The van der Waals surface area contributed by atoms with E-state index < -0.39 is 5.91 Å². The Kier molecular flexibility index (Phi) is 2.41. The van der Waals surface area contributed by atoms with Gasteiger partial charge in [0.15, 0.2) is 10.8 Å². The van der Waals surface area contributed by atoms with Crippen molar-refractivity contribution < 1.29 is 4.79 Å². The number of aromatic amines is 2. The number of carbonyl (C=O) groups is 1. The molecule has 0 saturated carbocycles. The monoisotopic (exact) mass is 263 g/mol. The maximum absolute atomic E-state index is 11.7. The van der Waals surface area contributed by atoms with Crippen LogP contribution in [0.4, 0.5) is 5.95 Å². The maximum atomic E-state index is 11.7. The van der Waals surface area contributed by atoms with Gasteiger partial charge >= 0.3 is 0 Å². The van der Waals surface area contributed by atoms with Crippen LogP contribution >= 0.6 is 11.6 Å². The largest absolute Gasteiger partial charge is 0.341 e. The Balaban J connectivity index is 1.93. The van der Waals surface area contributed by atoms with E-state index in [1.165, 1.54) is 18.6 Å². The van der Waals surface area contributed by atoms with E-state index in [9.17, 15) is 4.79 Å². The molecule has 3 aromatic heterocycles. The molecule has 0 aliphatic carbocycles. The molecular weight excluding hydrogens is 258 g/mol. The first-order valence-electron chi connectivity index (χ1n) is 4.91.